The number of carbonyl (C=O) groups is 1. The van der Waals surface area contributed by atoms with Crippen LogP contribution in [0.1, 0.15) is 78.1 Å². The van der Waals surface area contributed by atoms with E-state index in [1.807, 2.05) is 48.5 Å². The van der Waals surface area contributed by atoms with Gasteiger partial charge in [0.2, 0.25) is 5.91 Å². The summed E-state index contributed by atoms with van der Waals surface area (Å²) in [6, 6.07) is 25.3. The van der Waals surface area contributed by atoms with E-state index < -0.39 is 10.0 Å². The molecule has 0 atom stereocenters. The number of unbranched alkanes of at least 4 members (excludes halogenated alkanes) is 7. The number of benzene rings is 4. The van der Waals surface area contributed by atoms with Gasteiger partial charge < -0.3 is 15.4 Å². The van der Waals surface area contributed by atoms with Crippen LogP contribution in [0.3, 0.4) is 0 Å². The molecule has 234 valence electrons. The predicted octanol–water partition coefficient (Wildman–Crippen LogP) is 9.64. The fourth-order valence-electron chi connectivity index (χ4n) is 5.10. The van der Waals surface area contributed by atoms with E-state index in [0.717, 1.165) is 61.8 Å². The SMILES string of the molecule is CCCCCCCC(=O)Nc1cc(NS(=O)(=O)c2ccccc2)c2ccccc2c1Nc1ccc(OCCCCCC)cc1. The summed E-state index contributed by atoms with van der Waals surface area (Å²) in [6.07, 6.45) is 10.2. The van der Waals surface area contributed by atoms with E-state index in [1.54, 1.807) is 36.4 Å². The fraction of sp³-hybridized carbons (Fsp3) is 0.361. The van der Waals surface area contributed by atoms with Gasteiger partial charge >= 0.3 is 0 Å². The van der Waals surface area contributed by atoms with E-state index in [-0.39, 0.29) is 10.8 Å². The summed E-state index contributed by atoms with van der Waals surface area (Å²) in [5, 5.41) is 8.05. The van der Waals surface area contributed by atoms with Gasteiger partial charge in [-0.2, -0.15) is 0 Å². The number of hydrogen-bond donors (Lipinski definition) is 3. The Morgan fingerprint density at radius 1 is 0.705 bits per heavy atom. The van der Waals surface area contributed by atoms with Crippen LogP contribution >= 0.6 is 0 Å². The van der Waals surface area contributed by atoms with E-state index in [1.165, 1.54) is 12.8 Å². The maximum atomic E-state index is 13.3. The van der Waals surface area contributed by atoms with Crippen molar-refractivity contribution in [3.63, 3.8) is 0 Å². The third-order valence-corrected chi connectivity index (χ3v) is 8.90. The minimum atomic E-state index is -3.86. The molecule has 1 amide bonds. The van der Waals surface area contributed by atoms with Gasteiger partial charge in [0.15, 0.2) is 0 Å². The molecule has 0 spiro atoms. The van der Waals surface area contributed by atoms with Gasteiger partial charge in [-0.3, -0.25) is 9.52 Å². The van der Waals surface area contributed by atoms with E-state index in [4.69, 9.17) is 4.74 Å². The van der Waals surface area contributed by atoms with Crippen LogP contribution in [0.4, 0.5) is 22.7 Å². The summed E-state index contributed by atoms with van der Waals surface area (Å²) in [7, 11) is -3.86. The molecule has 4 aromatic rings. The van der Waals surface area contributed by atoms with Crippen LogP contribution in [-0.2, 0) is 14.8 Å². The Hall–Kier alpha value is -4.04. The van der Waals surface area contributed by atoms with Gasteiger partial charge in [-0.25, -0.2) is 8.42 Å². The molecule has 3 N–H and O–H groups in total. The van der Waals surface area contributed by atoms with E-state index in [9.17, 15) is 13.2 Å². The van der Waals surface area contributed by atoms with Gasteiger partial charge in [-0.15, -0.1) is 0 Å². The molecule has 8 heteroatoms. The summed E-state index contributed by atoms with van der Waals surface area (Å²) in [4.78, 5) is 13.3. The lowest BCUT2D eigenvalue weighted by molar-refractivity contribution is -0.116. The summed E-state index contributed by atoms with van der Waals surface area (Å²) in [5.41, 5.74) is 2.40. The number of amides is 1. The van der Waals surface area contributed by atoms with Crippen LogP contribution in [0, 0.1) is 0 Å². The Bertz CT molecular complexity index is 1590. The molecule has 4 aromatic carbocycles. The Balaban J connectivity index is 1.63. The van der Waals surface area contributed by atoms with Crippen molar-refractivity contribution in [2.24, 2.45) is 0 Å². The molecular formula is C36H45N3O4S. The lowest BCUT2D eigenvalue weighted by atomic mass is 10.0. The highest BCUT2D eigenvalue weighted by Gasteiger charge is 2.20. The van der Waals surface area contributed by atoms with Gasteiger partial charge in [0, 0.05) is 22.9 Å². The van der Waals surface area contributed by atoms with Gasteiger partial charge in [-0.1, -0.05) is 101 Å². The third-order valence-electron chi connectivity index (χ3n) is 7.51. The van der Waals surface area contributed by atoms with Crippen molar-refractivity contribution >= 4 is 49.5 Å². The van der Waals surface area contributed by atoms with Crippen molar-refractivity contribution in [3.8, 4) is 5.75 Å². The molecule has 4 rings (SSSR count). The molecule has 0 saturated heterocycles. The second-order valence-corrected chi connectivity index (χ2v) is 12.8. The van der Waals surface area contributed by atoms with E-state index in [0.29, 0.717) is 35.5 Å². The van der Waals surface area contributed by atoms with Crippen molar-refractivity contribution in [1.29, 1.82) is 0 Å². The molecule has 0 aliphatic heterocycles. The van der Waals surface area contributed by atoms with Crippen LogP contribution in [0.2, 0.25) is 0 Å². The van der Waals surface area contributed by atoms with Crippen molar-refractivity contribution in [2.45, 2.75) is 83.0 Å². The van der Waals surface area contributed by atoms with Crippen molar-refractivity contribution in [2.75, 3.05) is 22.0 Å². The van der Waals surface area contributed by atoms with Crippen molar-refractivity contribution in [3.05, 3.63) is 84.9 Å². The molecule has 0 radical (unpaired) electrons. The zero-order chi connectivity index (χ0) is 31.2. The second kappa shape index (κ2) is 16.7. The molecule has 0 fully saturated rings. The highest BCUT2D eigenvalue weighted by atomic mass is 32.2. The standard InChI is InChI=1S/C36H45N3O4S/c1-3-5-7-9-13-21-35(40)38-34-27-33(39-44(41,42)30-17-11-10-12-18-30)31-19-14-15-20-32(31)36(34)37-28-22-24-29(25-23-28)43-26-16-8-6-4-2/h10-12,14-15,17-20,22-25,27,37,39H,3-9,13,16,21,26H2,1-2H3,(H,38,40). The molecule has 7 nitrogen and oxygen atoms in total. The summed E-state index contributed by atoms with van der Waals surface area (Å²) in [6.45, 7) is 5.05. The van der Waals surface area contributed by atoms with Gasteiger partial charge in [-0.05, 0) is 55.3 Å². The minimum absolute atomic E-state index is 0.108. The molecule has 0 heterocycles. The predicted molar refractivity (Wildman–Crippen MR) is 183 cm³/mol. The van der Waals surface area contributed by atoms with E-state index >= 15 is 0 Å². The Kier molecular flexibility index (Phi) is 12.5. The molecule has 44 heavy (non-hydrogen) atoms. The average molecular weight is 616 g/mol. The highest BCUT2D eigenvalue weighted by Crippen LogP contribution is 2.40. The molecule has 0 aliphatic rings. The number of fused-ring (bicyclic) bond motifs is 1. The van der Waals surface area contributed by atoms with Crippen LogP contribution in [0.15, 0.2) is 89.8 Å². The maximum Gasteiger partial charge on any atom is 0.261 e. The number of anilines is 4. The molecule has 0 bridgehead atoms. The Morgan fingerprint density at radius 3 is 2.05 bits per heavy atom. The zero-order valence-corrected chi connectivity index (χ0v) is 26.7. The normalized spacial score (nSPS) is 11.3. The van der Waals surface area contributed by atoms with E-state index in [2.05, 4.69) is 29.2 Å². The minimum Gasteiger partial charge on any atom is -0.494 e. The molecule has 0 aromatic heterocycles. The maximum absolute atomic E-state index is 13.3. The van der Waals surface area contributed by atoms with Crippen LogP contribution < -0.4 is 20.1 Å². The van der Waals surface area contributed by atoms with Gasteiger partial charge in [0.1, 0.15) is 5.75 Å². The van der Waals surface area contributed by atoms with Gasteiger partial charge in [0.05, 0.1) is 28.6 Å². The number of sulfonamides is 1. The molecule has 0 aliphatic carbocycles. The smallest absolute Gasteiger partial charge is 0.261 e. The average Bonchev–Trinajstić information content (AvgIpc) is 3.03. The first kappa shape index (κ1) is 32.9. The first-order valence-corrected chi connectivity index (χ1v) is 17.3. The van der Waals surface area contributed by atoms with Crippen LogP contribution in [-0.4, -0.2) is 20.9 Å². The Morgan fingerprint density at radius 2 is 1.34 bits per heavy atom. The molecule has 0 unspecified atom stereocenters. The topological polar surface area (TPSA) is 96.5 Å². The van der Waals surface area contributed by atoms with Crippen LogP contribution in [0.25, 0.3) is 10.8 Å². The molecule has 0 saturated carbocycles. The summed E-state index contributed by atoms with van der Waals surface area (Å²) >= 11 is 0. The zero-order valence-electron chi connectivity index (χ0n) is 25.9. The lowest BCUT2D eigenvalue weighted by Gasteiger charge is -2.20. The number of carbonyl (C=O) groups excluding carboxylic acids is 1. The monoisotopic (exact) mass is 615 g/mol. The third kappa shape index (κ3) is 9.48. The Labute approximate surface area is 262 Å². The largest absolute Gasteiger partial charge is 0.494 e. The lowest BCUT2D eigenvalue weighted by Crippen LogP contribution is -2.16. The number of nitrogens with one attached hydrogen (secondary N) is 3. The second-order valence-electron chi connectivity index (χ2n) is 11.1. The number of hydrogen-bond acceptors (Lipinski definition) is 5. The quantitative estimate of drug-likeness (QED) is 0.0969. The summed E-state index contributed by atoms with van der Waals surface area (Å²) < 4.78 is 35.3. The molecular weight excluding hydrogens is 570 g/mol. The van der Waals surface area contributed by atoms with Gasteiger partial charge in [0.25, 0.3) is 10.0 Å². The first-order chi connectivity index (χ1) is 21.4. The number of ether oxygens (including phenoxy) is 1. The van der Waals surface area contributed by atoms with Crippen molar-refractivity contribution < 1.29 is 17.9 Å². The first-order valence-electron chi connectivity index (χ1n) is 15.8. The fourth-order valence-corrected chi connectivity index (χ4v) is 6.19. The summed E-state index contributed by atoms with van der Waals surface area (Å²) in [5.74, 6) is 0.697. The number of rotatable bonds is 18. The highest BCUT2D eigenvalue weighted by molar-refractivity contribution is 7.92. The van der Waals surface area contributed by atoms with Crippen LogP contribution in [0.5, 0.6) is 5.75 Å². The van der Waals surface area contributed by atoms with Crippen molar-refractivity contribution in [1.82, 2.24) is 0 Å².